The zero-order valence-corrected chi connectivity index (χ0v) is 10.0. The van der Waals surface area contributed by atoms with E-state index >= 15 is 0 Å². The van der Waals surface area contributed by atoms with E-state index in [0.29, 0.717) is 11.8 Å². The summed E-state index contributed by atoms with van der Waals surface area (Å²) in [6.07, 6.45) is 6.66. The van der Waals surface area contributed by atoms with Gasteiger partial charge in [-0.15, -0.1) is 0 Å². The van der Waals surface area contributed by atoms with Gasteiger partial charge in [0.2, 0.25) is 0 Å². The molecule has 1 saturated carbocycles. The van der Waals surface area contributed by atoms with E-state index in [1.165, 1.54) is 25.8 Å². The van der Waals surface area contributed by atoms with Gasteiger partial charge in [-0.2, -0.15) is 0 Å². The molecule has 1 aliphatic heterocycles. The number of Topliss-reactive ketones (excluding diaryl/α,β-unsaturated/α-hetero) is 1. The molecule has 2 fully saturated rings. The molecule has 15 heavy (non-hydrogen) atoms. The van der Waals surface area contributed by atoms with Gasteiger partial charge in [-0.05, 0) is 38.1 Å². The lowest BCUT2D eigenvalue weighted by molar-refractivity contribution is -0.123. The quantitative estimate of drug-likeness (QED) is 0.697. The summed E-state index contributed by atoms with van der Waals surface area (Å²) in [6, 6.07) is 1.31. The highest BCUT2D eigenvalue weighted by Gasteiger charge is 2.35. The fourth-order valence-electron chi connectivity index (χ4n) is 3.29. The largest absolute Gasteiger partial charge is 0.300 e. The zero-order valence-electron chi connectivity index (χ0n) is 10.0. The highest BCUT2D eigenvalue weighted by Crippen LogP contribution is 2.32. The number of likely N-dealkylation sites (tertiary alicyclic amines) is 1. The Labute approximate surface area is 93.0 Å². The van der Waals surface area contributed by atoms with Crippen LogP contribution in [0.25, 0.3) is 0 Å². The molecule has 1 heterocycles. The third-order valence-electron chi connectivity index (χ3n) is 4.29. The van der Waals surface area contributed by atoms with Crippen molar-refractivity contribution >= 4 is 5.78 Å². The molecular formula is C13H23NO. The Morgan fingerprint density at radius 3 is 2.93 bits per heavy atom. The normalized spacial score (nSPS) is 38.5. The number of rotatable bonds is 2. The highest BCUT2D eigenvalue weighted by atomic mass is 16.1. The van der Waals surface area contributed by atoms with Crippen molar-refractivity contribution in [2.75, 3.05) is 6.54 Å². The fraction of sp³-hybridized carbons (Fsp3) is 0.923. The van der Waals surface area contributed by atoms with Crippen LogP contribution in [-0.4, -0.2) is 29.3 Å². The maximum absolute atomic E-state index is 11.5. The number of carbonyl (C=O) groups excluding carboxylic acids is 1. The van der Waals surface area contributed by atoms with Crippen LogP contribution < -0.4 is 0 Å². The first-order valence-corrected chi connectivity index (χ1v) is 6.49. The lowest BCUT2D eigenvalue weighted by atomic mass is 9.83. The molecule has 3 atom stereocenters. The van der Waals surface area contributed by atoms with Crippen molar-refractivity contribution in [1.82, 2.24) is 4.90 Å². The second-order valence-electron chi connectivity index (χ2n) is 5.27. The molecule has 2 nitrogen and oxygen atoms in total. The van der Waals surface area contributed by atoms with Crippen molar-refractivity contribution in [2.24, 2.45) is 5.92 Å². The van der Waals surface area contributed by atoms with Crippen LogP contribution in [0.4, 0.5) is 0 Å². The number of carbonyl (C=O) groups is 1. The average molecular weight is 209 g/mol. The Bertz CT molecular complexity index is 239. The summed E-state index contributed by atoms with van der Waals surface area (Å²) in [6.45, 7) is 5.82. The summed E-state index contributed by atoms with van der Waals surface area (Å²) in [7, 11) is 0. The van der Waals surface area contributed by atoms with Gasteiger partial charge in [0.15, 0.2) is 0 Å². The Morgan fingerprint density at radius 1 is 1.40 bits per heavy atom. The molecule has 86 valence electrons. The predicted octanol–water partition coefficient (Wildman–Crippen LogP) is 2.62. The Balaban J connectivity index is 2.03. The second-order valence-corrected chi connectivity index (χ2v) is 5.27. The molecule has 0 aromatic heterocycles. The SMILES string of the molecule is CCC1CCCN1C1CC(=O)CCC1C. The molecule has 3 unspecified atom stereocenters. The highest BCUT2D eigenvalue weighted by molar-refractivity contribution is 5.79. The van der Waals surface area contributed by atoms with Gasteiger partial charge in [0.1, 0.15) is 5.78 Å². The Morgan fingerprint density at radius 2 is 2.20 bits per heavy atom. The minimum Gasteiger partial charge on any atom is -0.300 e. The van der Waals surface area contributed by atoms with Crippen LogP contribution >= 0.6 is 0 Å². The van der Waals surface area contributed by atoms with Crippen LogP contribution in [0.3, 0.4) is 0 Å². The number of ketones is 1. The molecule has 0 bridgehead atoms. The molecule has 2 rings (SSSR count). The maximum atomic E-state index is 11.5. The third-order valence-corrected chi connectivity index (χ3v) is 4.29. The maximum Gasteiger partial charge on any atom is 0.134 e. The van der Waals surface area contributed by atoms with Gasteiger partial charge in [-0.3, -0.25) is 9.69 Å². The Kier molecular flexibility index (Phi) is 3.45. The van der Waals surface area contributed by atoms with E-state index in [1.54, 1.807) is 0 Å². The molecule has 0 aromatic rings. The van der Waals surface area contributed by atoms with E-state index < -0.39 is 0 Å². The molecule has 2 heteroatoms. The smallest absolute Gasteiger partial charge is 0.134 e. The van der Waals surface area contributed by atoms with E-state index in [1.807, 2.05) is 0 Å². The van der Waals surface area contributed by atoms with Gasteiger partial charge >= 0.3 is 0 Å². The first kappa shape index (κ1) is 11.1. The van der Waals surface area contributed by atoms with Crippen molar-refractivity contribution in [1.29, 1.82) is 0 Å². The molecule has 0 spiro atoms. The van der Waals surface area contributed by atoms with Gasteiger partial charge < -0.3 is 0 Å². The van der Waals surface area contributed by atoms with Gasteiger partial charge in [-0.1, -0.05) is 13.8 Å². The summed E-state index contributed by atoms with van der Waals surface area (Å²) in [5.41, 5.74) is 0. The molecule has 1 aliphatic carbocycles. The van der Waals surface area contributed by atoms with Crippen LogP contribution in [0, 0.1) is 5.92 Å². The first-order valence-electron chi connectivity index (χ1n) is 6.49. The monoisotopic (exact) mass is 209 g/mol. The van der Waals surface area contributed by atoms with Gasteiger partial charge in [0.05, 0.1) is 0 Å². The Hall–Kier alpha value is -0.370. The second kappa shape index (κ2) is 4.65. The van der Waals surface area contributed by atoms with E-state index in [4.69, 9.17) is 0 Å². The molecule has 0 amide bonds. The van der Waals surface area contributed by atoms with Crippen LogP contribution in [0.1, 0.15) is 52.4 Å². The predicted molar refractivity (Wildman–Crippen MR) is 61.8 cm³/mol. The summed E-state index contributed by atoms with van der Waals surface area (Å²) in [4.78, 5) is 14.2. The number of hydrogen-bond acceptors (Lipinski definition) is 2. The van der Waals surface area contributed by atoms with Crippen LogP contribution in [0.2, 0.25) is 0 Å². The van der Waals surface area contributed by atoms with Crippen LogP contribution in [0.5, 0.6) is 0 Å². The van der Waals surface area contributed by atoms with Crippen molar-refractivity contribution in [3.05, 3.63) is 0 Å². The van der Waals surface area contributed by atoms with Crippen LogP contribution in [0.15, 0.2) is 0 Å². The molecule has 2 aliphatic rings. The van der Waals surface area contributed by atoms with Crippen LogP contribution in [-0.2, 0) is 4.79 Å². The fourth-order valence-corrected chi connectivity index (χ4v) is 3.29. The van der Waals surface area contributed by atoms with Crippen molar-refractivity contribution in [2.45, 2.75) is 64.5 Å². The number of hydrogen-bond donors (Lipinski definition) is 0. The topological polar surface area (TPSA) is 20.3 Å². The van der Waals surface area contributed by atoms with E-state index in [9.17, 15) is 4.79 Å². The number of nitrogens with zero attached hydrogens (tertiary/aromatic N) is 1. The molecule has 0 radical (unpaired) electrons. The lowest BCUT2D eigenvalue weighted by Gasteiger charge is -2.38. The molecule has 0 aromatic carbocycles. The summed E-state index contributed by atoms with van der Waals surface area (Å²) < 4.78 is 0. The summed E-state index contributed by atoms with van der Waals surface area (Å²) in [5.74, 6) is 1.20. The summed E-state index contributed by atoms with van der Waals surface area (Å²) >= 11 is 0. The average Bonchev–Trinajstić information content (AvgIpc) is 2.69. The standard InChI is InChI=1S/C13H23NO/c1-3-11-5-4-8-14(11)13-9-12(15)7-6-10(13)2/h10-11,13H,3-9H2,1-2H3. The molecular weight excluding hydrogens is 186 g/mol. The third kappa shape index (κ3) is 2.25. The van der Waals surface area contributed by atoms with Crippen molar-refractivity contribution in [3.8, 4) is 0 Å². The van der Waals surface area contributed by atoms with Gasteiger partial charge in [-0.25, -0.2) is 0 Å². The first-order chi connectivity index (χ1) is 7.22. The van der Waals surface area contributed by atoms with Gasteiger partial charge in [0, 0.05) is 24.9 Å². The van der Waals surface area contributed by atoms with E-state index in [0.717, 1.165) is 31.2 Å². The lowest BCUT2D eigenvalue weighted by Crippen LogP contribution is -2.46. The summed E-state index contributed by atoms with van der Waals surface area (Å²) in [5, 5.41) is 0. The molecule has 0 N–H and O–H groups in total. The van der Waals surface area contributed by atoms with E-state index in [2.05, 4.69) is 18.7 Å². The minimum atomic E-state index is 0.486. The van der Waals surface area contributed by atoms with E-state index in [-0.39, 0.29) is 0 Å². The zero-order chi connectivity index (χ0) is 10.8. The minimum absolute atomic E-state index is 0.486. The van der Waals surface area contributed by atoms with Gasteiger partial charge in [0.25, 0.3) is 0 Å². The molecule has 1 saturated heterocycles. The van der Waals surface area contributed by atoms with Crippen molar-refractivity contribution < 1.29 is 4.79 Å². The van der Waals surface area contributed by atoms with Crippen molar-refractivity contribution in [3.63, 3.8) is 0 Å².